The first-order valence-electron chi connectivity index (χ1n) is 6.38. The summed E-state index contributed by atoms with van der Waals surface area (Å²) in [6.45, 7) is 5.29. The monoisotopic (exact) mass is 348 g/mol. The predicted molar refractivity (Wildman–Crippen MR) is 72.8 cm³/mol. The Kier molecular flexibility index (Phi) is 13.6. The van der Waals surface area contributed by atoms with Crippen LogP contribution in [0.2, 0.25) is 0 Å². The van der Waals surface area contributed by atoms with E-state index in [9.17, 15) is 22.6 Å². The van der Waals surface area contributed by atoms with E-state index < -0.39 is 21.9 Å². The molecular weight excluding hydrogens is 327 g/mol. The van der Waals surface area contributed by atoms with E-state index in [2.05, 4.69) is 4.90 Å². The van der Waals surface area contributed by atoms with Gasteiger partial charge in [0, 0.05) is 46.2 Å². The van der Waals surface area contributed by atoms with E-state index in [1.54, 1.807) is 0 Å². The van der Waals surface area contributed by atoms with Gasteiger partial charge in [0.2, 0.25) is 5.78 Å². The standard InChI is InChI=1S/C8H18N2O4S.C3H4O3.Na/c11-7-5-9-1-3-10(4-2-9)6-8-15(12,13)14;1-2(4)3(5)6;/h11H,1-8H2,(H,12,13,14);1H3,(H,5,6);/q;;+1/p-1. The molecule has 0 amide bonds. The summed E-state index contributed by atoms with van der Waals surface area (Å²) in [6, 6.07) is 0. The maximum atomic E-state index is 10.4. The van der Waals surface area contributed by atoms with Crippen LogP contribution in [0.3, 0.4) is 0 Å². The summed E-state index contributed by atoms with van der Waals surface area (Å²) >= 11 is 0. The summed E-state index contributed by atoms with van der Waals surface area (Å²) in [6.07, 6.45) is 0. The van der Waals surface area contributed by atoms with Gasteiger partial charge in [-0.1, -0.05) is 0 Å². The molecular formula is C11H21N2NaO7S. The number of Topliss-reactive ketones (excluding diaryl/α,β-unsaturated/α-hetero) is 1. The molecule has 0 aromatic heterocycles. The first kappa shape index (κ1) is 24.2. The molecule has 0 aromatic rings. The van der Waals surface area contributed by atoms with Gasteiger partial charge in [-0.05, 0) is 0 Å². The molecule has 0 unspecified atom stereocenters. The third kappa shape index (κ3) is 13.6. The fraction of sp³-hybridized carbons (Fsp3) is 0.818. The van der Waals surface area contributed by atoms with E-state index in [4.69, 9.17) is 10.2 Å². The molecule has 9 nitrogen and oxygen atoms in total. The molecule has 1 aliphatic heterocycles. The molecule has 0 radical (unpaired) electrons. The molecule has 1 fully saturated rings. The van der Waals surface area contributed by atoms with Crippen LogP contribution in [0.15, 0.2) is 0 Å². The molecule has 11 heteroatoms. The smallest absolute Gasteiger partial charge is 0.748 e. The third-order valence-electron chi connectivity index (χ3n) is 2.84. The summed E-state index contributed by atoms with van der Waals surface area (Å²) in [5.74, 6) is -2.52. The predicted octanol–water partition coefficient (Wildman–Crippen LogP) is -5.19. The molecule has 0 spiro atoms. The van der Waals surface area contributed by atoms with E-state index in [1.165, 1.54) is 0 Å². The van der Waals surface area contributed by atoms with Crippen LogP contribution >= 0.6 is 0 Å². The Hall–Kier alpha value is -0.0700. The van der Waals surface area contributed by atoms with Crippen molar-refractivity contribution in [2.75, 3.05) is 51.6 Å². The molecule has 1 saturated heterocycles. The third-order valence-corrected chi connectivity index (χ3v) is 3.52. The van der Waals surface area contributed by atoms with Crippen molar-refractivity contribution in [2.45, 2.75) is 6.92 Å². The van der Waals surface area contributed by atoms with Gasteiger partial charge in [-0.25, -0.2) is 13.2 Å². The Balaban J connectivity index is 0. The average molecular weight is 348 g/mol. The Morgan fingerprint density at radius 1 is 1.09 bits per heavy atom. The van der Waals surface area contributed by atoms with Crippen molar-refractivity contribution in [3.05, 3.63) is 0 Å². The van der Waals surface area contributed by atoms with Crippen LogP contribution in [-0.2, 0) is 19.7 Å². The Morgan fingerprint density at radius 2 is 1.45 bits per heavy atom. The number of carbonyl (C=O) groups is 2. The van der Waals surface area contributed by atoms with E-state index in [0.717, 1.165) is 33.1 Å². The van der Waals surface area contributed by atoms with Crippen LogP contribution in [0, 0.1) is 0 Å². The number of hydrogen-bond donors (Lipinski definition) is 2. The SMILES string of the molecule is CC(=O)C(=O)O.O=S(=O)([O-])CCN1CCN(CCO)CC1.[Na+]. The zero-order valence-electron chi connectivity index (χ0n) is 12.9. The molecule has 124 valence electrons. The molecule has 2 N–H and O–H groups in total. The maximum absolute atomic E-state index is 10.4. The fourth-order valence-electron chi connectivity index (χ4n) is 1.62. The van der Waals surface area contributed by atoms with Gasteiger partial charge < -0.3 is 14.8 Å². The van der Waals surface area contributed by atoms with Gasteiger partial charge >= 0.3 is 35.5 Å². The molecule has 0 saturated carbocycles. The van der Waals surface area contributed by atoms with Crippen LogP contribution in [0.25, 0.3) is 0 Å². The number of aliphatic hydroxyl groups excluding tert-OH is 1. The number of rotatable bonds is 6. The van der Waals surface area contributed by atoms with Crippen molar-refractivity contribution in [2.24, 2.45) is 0 Å². The second-order valence-corrected chi connectivity index (χ2v) is 6.05. The average Bonchev–Trinajstić information content (AvgIpc) is 2.38. The molecule has 1 rings (SSSR count). The number of hydrogen-bond acceptors (Lipinski definition) is 8. The van der Waals surface area contributed by atoms with Crippen molar-refractivity contribution in [3.63, 3.8) is 0 Å². The van der Waals surface area contributed by atoms with E-state index in [1.807, 2.05) is 4.90 Å². The molecule has 0 aromatic carbocycles. The quantitative estimate of drug-likeness (QED) is 0.274. The largest absolute Gasteiger partial charge is 1.00 e. The molecule has 0 bridgehead atoms. The summed E-state index contributed by atoms with van der Waals surface area (Å²) in [5, 5.41) is 16.4. The van der Waals surface area contributed by atoms with Crippen molar-refractivity contribution in [1.82, 2.24) is 9.80 Å². The second kappa shape index (κ2) is 12.4. The van der Waals surface area contributed by atoms with Crippen molar-refractivity contribution < 1.29 is 62.3 Å². The minimum atomic E-state index is -4.09. The Labute approximate surface area is 152 Å². The van der Waals surface area contributed by atoms with Gasteiger partial charge in [-0.2, -0.15) is 0 Å². The number of ketones is 1. The van der Waals surface area contributed by atoms with Crippen LogP contribution in [-0.4, -0.2) is 96.4 Å². The Morgan fingerprint density at radius 3 is 1.73 bits per heavy atom. The fourth-order valence-corrected chi connectivity index (χ4v) is 2.10. The zero-order chi connectivity index (χ0) is 16.5. The topological polar surface area (TPSA) is 138 Å². The molecule has 22 heavy (non-hydrogen) atoms. The van der Waals surface area contributed by atoms with E-state index in [-0.39, 0.29) is 41.9 Å². The van der Waals surface area contributed by atoms with Gasteiger partial charge in [0.05, 0.1) is 22.5 Å². The molecule has 1 heterocycles. The summed E-state index contributed by atoms with van der Waals surface area (Å²) in [7, 11) is -4.09. The first-order valence-corrected chi connectivity index (χ1v) is 7.96. The molecule has 1 aliphatic rings. The van der Waals surface area contributed by atoms with E-state index >= 15 is 0 Å². The number of carboxylic acids is 1. The van der Waals surface area contributed by atoms with Crippen LogP contribution < -0.4 is 29.6 Å². The number of carbonyl (C=O) groups excluding carboxylic acids is 1. The second-order valence-electron chi connectivity index (χ2n) is 4.53. The minimum absolute atomic E-state index is 0. The first-order chi connectivity index (χ1) is 9.65. The van der Waals surface area contributed by atoms with Gasteiger partial charge in [-0.15, -0.1) is 0 Å². The number of β-amino-alcohol motifs (C(OH)–C–C–N with tert-alkyl or cyclic N) is 1. The molecule has 0 atom stereocenters. The van der Waals surface area contributed by atoms with Gasteiger partial charge in [0.15, 0.2) is 0 Å². The zero-order valence-corrected chi connectivity index (χ0v) is 15.7. The van der Waals surface area contributed by atoms with Crippen molar-refractivity contribution in [3.8, 4) is 0 Å². The van der Waals surface area contributed by atoms with Crippen molar-refractivity contribution in [1.29, 1.82) is 0 Å². The van der Waals surface area contributed by atoms with Crippen LogP contribution in [0.1, 0.15) is 6.92 Å². The number of aliphatic hydroxyl groups is 1. The number of nitrogens with zero attached hydrogens (tertiary/aromatic N) is 2. The number of piperazine rings is 1. The van der Waals surface area contributed by atoms with Gasteiger partial charge in [-0.3, -0.25) is 14.6 Å². The maximum Gasteiger partial charge on any atom is 1.00 e. The van der Waals surface area contributed by atoms with Gasteiger partial charge in [0.1, 0.15) is 0 Å². The minimum Gasteiger partial charge on any atom is -0.748 e. The summed E-state index contributed by atoms with van der Waals surface area (Å²) in [4.78, 5) is 23.0. The molecule has 0 aliphatic carbocycles. The number of carboxylic acid groups (broad SMARTS) is 1. The Bertz CT molecular complexity index is 424. The van der Waals surface area contributed by atoms with Crippen molar-refractivity contribution >= 4 is 21.9 Å². The van der Waals surface area contributed by atoms with Gasteiger partial charge in [0.25, 0.3) is 0 Å². The van der Waals surface area contributed by atoms with Crippen LogP contribution in [0.5, 0.6) is 0 Å². The summed E-state index contributed by atoms with van der Waals surface area (Å²) in [5.41, 5.74) is 0. The summed E-state index contributed by atoms with van der Waals surface area (Å²) < 4.78 is 31.2. The van der Waals surface area contributed by atoms with E-state index in [0.29, 0.717) is 13.1 Å². The number of aliphatic carboxylic acids is 1. The van der Waals surface area contributed by atoms with Crippen LogP contribution in [0.4, 0.5) is 0 Å². The normalized spacial score (nSPS) is 16.1.